The quantitative estimate of drug-likeness (QED) is 0.213. The lowest BCUT2D eigenvalue weighted by atomic mass is 10.2. The molecule has 0 aromatic heterocycles. The number of carbonyl (C=O) groups is 1. The van der Waals surface area contributed by atoms with Crippen LogP contribution in [0.15, 0.2) is 133 Å². The number of benzene rings is 4. The molecule has 4 rings (SSSR count). The number of rotatable bonds is 7. The summed E-state index contributed by atoms with van der Waals surface area (Å²) in [5.41, 5.74) is 0.972. The lowest BCUT2D eigenvalue weighted by Crippen LogP contribution is -2.35. The Kier molecular flexibility index (Phi) is 6.94. The van der Waals surface area contributed by atoms with Crippen molar-refractivity contribution in [3.8, 4) is 0 Å². The summed E-state index contributed by atoms with van der Waals surface area (Å²) in [5, 5.41) is 4.09. The van der Waals surface area contributed by atoms with Crippen molar-refractivity contribution in [3.05, 3.63) is 138 Å². The van der Waals surface area contributed by atoms with Crippen LogP contribution in [0.4, 0.5) is 0 Å². The van der Waals surface area contributed by atoms with Crippen molar-refractivity contribution in [1.82, 2.24) is 0 Å². The van der Waals surface area contributed by atoms with E-state index in [1.807, 2.05) is 97.9 Å². The molecular formula is C29H26O2P+. The molecule has 0 unspecified atom stereocenters. The van der Waals surface area contributed by atoms with Crippen molar-refractivity contribution in [2.24, 2.45) is 0 Å². The Morgan fingerprint density at radius 3 is 1.41 bits per heavy atom. The minimum atomic E-state index is -2.45. The normalized spacial score (nSPS) is 11.7. The molecule has 0 saturated carbocycles. The van der Waals surface area contributed by atoms with Gasteiger partial charge in [0.2, 0.25) is 0 Å². The highest BCUT2D eigenvalue weighted by molar-refractivity contribution is 7.99. The van der Waals surface area contributed by atoms with Gasteiger partial charge in [0.25, 0.3) is 0 Å². The van der Waals surface area contributed by atoms with Crippen molar-refractivity contribution >= 4 is 29.1 Å². The Hall–Kier alpha value is -3.48. The minimum absolute atomic E-state index is 0.245. The first-order valence-corrected chi connectivity index (χ1v) is 12.5. The van der Waals surface area contributed by atoms with Gasteiger partial charge in [-0.2, -0.15) is 0 Å². The molecule has 0 aliphatic rings. The minimum Gasteiger partial charge on any atom is -0.455 e. The second-order valence-electron chi connectivity index (χ2n) is 7.41. The van der Waals surface area contributed by atoms with Crippen molar-refractivity contribution in [2.75, 3.05) is 0 Å². The topological polar surface area (TPSA) is 26.3 Å². The highest BCUT2D eigenvalue weighted by Gasteiger charge is 2.52. The van der Waals surface area contributed by atoms with Gasteiger partial charge in [0.15, 0.2) is 12.6 Å². The van der Waals surface area contributed by atoms with Crippen molar-refractivity contribution < 1.29 is 9.53 Å². The zero-order valence-electron chi connectivity index (χ0n) is 18.1. The number of hydrogen-bond acceptors (Lipinski definition) is 2. The van der Waals surface area contributed by atoms with E-state index in [9.17, 15) is 4.79 Å². The van der Waals surface area contributed by atoms with Gasteiger partial charge in [0, 0.05) is 0 Å². The third-order valence-electron chi connectivity index (χ3n) is 5.49. The molecule has 0 amide bonds. The molecule has 32 heavy (non-hydrogen) atoms. The largest absolute Gasteiger partial charge is 0.455 e. The summed E-state index contributed by atoms with van der Waals surface area (Å²) in [6.45, 7) is 2.18. The summed E-state index contributed by atoms with van der Waals surface area (Å²) in [5.74, 6) is -0.277. The Morgan fingerprint density at radius 1 is 0.656 bits per heavy atom. The summed E-state index contributed by atoms with van der Waals surface area (Å²) in [6, 6.07) is 40.8. The van der Waals surface area contributed by atoms with Crippen LogP contribution in [0.1, 0.15) is 12.5 Å². The van der Waals surface area contributed by atoms with Gasteiger partial charge >= 0.3 is 5.97 Å². The van der Waals surface area contributed by atoms with Gasteiger partial charge in [0.1, 0.15) is 22.5 Å². The molecule has 0 atom stereocenters. The van der Waals surface area contributed by atoms with Crippen LogP contribution in [0.5, 0.6) is 0 Å². The van der Waals surface area contributed by atoms with Gasteiger partial charge in [0.05, 0.1) is 0 Å². The lowest BCUT2D eigenvalue weighted by Gasteiger charge is -2.28. The number of hydrogen-bond donors (Lipinski definition) is 0. The van der Waals surface area contributed by atoms with Crippen LogP contribution < -0.4 is 15.9 Å². The zero-order valence-corrected chi connectivity index (χ0v) is 19.0. The second kappa shape index (κ2) is 10.2. The van der Waals surface area contributed by atoms with Crippen LogP contribution in [-0.4, -0.2) is 5.97 Å². The SMILES string of the molecule is CC=C(C(=O)OCc1ccccc1)[P+](c1ccccc1)(c1ccccc1)c1ccccc1. The Morgan fingerprint density at radius 2 is 1.03 bits per heavy atom. The van der Waals surface area contributed by atoms with E-state index in [2.05, 4.69) is 36.4 Å². The van der Waals surface area contributed by atoms with E-state index in [0.29, 0.717) is 5.31 Å². The van der Waals surface area contributed by atoms with Crippen LogP contribution in [0.25, 0.3) is 0 Å². The van der Waals surface area contributed by atoms with E-state index < -0.39 is 7.26 Å². The number of esters is 1. The molecule has 0 spiro atoms. The molecule has 4 aromatic carbocycles. The third kappa shape index (κ3) is 4.28. The molecule has 0 aliphatic heterocycles. The van der Waals surface area contributed by atoms with Crippen LogP contribution in [-0.2, 0) is 16.1 Å². The lowest BCUT2D eigenvalue weighted by molar-refractivity contribution is -0.139. The van der Waals surface area contributed by atoms with Crippen molar-refractivity contribution in [2.45, 2.75) is 13.5 Å². The van der Waals surface area contributed by atoms with Crippen LogP contribution in [0.3, 0.4) is 0 Å². The van der Waals surface area contributed by atoms with E-state index in [1.54, 1.807) is 0 Å². The van der Waals surface area contributed by atoms with Crippen LogP contribution in [0, 0.1) is 0 Å². The molecule has 0 radical (unpaired) electrons. The van der Waals surface area contributed by atoms with Gasteiger partial charge in [-0.1, -0.05) is 84.9 Å². The second-order valence-corrected chi connectivity index (χ2v) is 10.8. The summed E-state index contributed by atoms with van der Waals surface area (Å²) in [7, 11) is -2.45. The Balaban J connectivity index is 1.89. The summed E-state index contributed by atoms with van der Waals surface area (Å²) >= 11 is 0. The molecule has 0 bridgehead atoms. The summed E-state index contributed by atoms with van der Waals surface area (Å²) in [6.07, 6.45) is 1.94. The summed E-state index contributed by atoms with van der Waals surface area (Å²) in [4.78, 5) is 13.7. The Bertz CT molecular complexity index is 1070. The fourth-order valence-corrected chi connectivity index (χ4v) is 8.38. The number of ether oxygens (including phenoxy) is 1. The number of carbonyl (C=O) groups excluding carboxylic acids is 1. The summed E-state index contributed by atoms with van der Waals surface area (Å²) < 4.78 is 5.87. The molecule has 0 fully saturated rings. The molecule has 0 N–H and O–H groups in total. The predicted octanol–water partition coefficient (Wildman–Crippen LogP) is 5.63. The van der Waals surface area contributed by atoms with Gasteiger partial charge in [-0.3, -0.25) is 0 Å². The maximum atomic E-state index is 13.7. The highest BCUT2D eigenvalue weighted by atomic mass is 31.2. The van der Waals surface area contributed by atoms with E-state index >= 15 is 0 Å². The van der Waals surface area contributed by atoms with Gasteiger partial charge in [-0.15, -0.1) is 0 Å². The average Bonchev–Trinajstić information content (AvgIpc) is 2.88. The molecule has 0 heterocycles. The molecule has 0 aliphatic carbocycles. The third-order valence-corrected chi connectivity index (χ3v) is 9.87. The van der Waals surface area contributed by atoms with E-state index in [4.69, 9.17) is 4.74 Å². The van der Waals surface area contributed by atoms with E-state index in [-0.39, 0.29) is 12.6 Å². The molecular weight excluding hydrogens is 411 g/mol. The highest BCUT2D eigenvalue weighted by Crippen LogP contribution is 2.62. The first-order valence-electron chi connectivity index (χ1n) is 10.7. The predicted molar refractivity (Wildman–Crippen MR) is 135 cm³/mol. The molecule has 4 aromatic rings. The van der Waals surface area contributed by atoms with Gasteiger partial charge < -0.3 is 4.74 Å². The maximum absolute atomic E-state index is 13.7. The first kappa shape index (κ1) is 21.7. The Labute approximate surface area is 190 Å². The smallest absolute Gasteiger partial charge is 0.374 e. The number of allylic oxidation sites excluding steroid dienone is 1. The van der Waals surface area contributed by atoms with Crippen molar-refractivity contribution in [3.63, 3.8) is 0 Å². The van der Waals surface area contributed by atoms with E-state index in [0.717, 1.165) is 21.5 Å². The van der Waals surface area contributed by atoms with E-state index in [1.165, 1.54) is 0 Å². The van der Waals surface area contributed by atoms with Gasteiger partial charge in [-0.25, -0.2) is 4.79 Å². The monoisotopic (exact) mass is 437 g/mol. The average molecular weight is 437 g/mol. The molecule has 2 nitrogen and oxygen atoms in total. The molecule has 158 valence electrons. The van der Waals surface area contributed by atoms with Crippen molar-refractivity contribution in [1.29, 1.82) is 0 Å². The molecule has 3 heteroatoms. The standard InChI is InChI=1S/C29H26O2P/c1-2-28(29(30)31-23-24-15-7-3-8-16-24)32(25-17-9-4-10-18-25,26-19-11-5-12-20-26)27-21-13-6-14-22-27/h2-22H,23H2,1H3/q+1. The first-order chi connectivity index (χ1) is 15.8. The van der Waals surface area contributed by atoms with Crippen LogP contribution in [0.2, 0.25) is 0 Å². The molecule has 0 saturated heterocycles. The van der Waals surface area contributed by atoms with Crippen LogP contribution >= 0.6 is 7.26 Å². The van der Waals surface area contributed by atoms with Gasteiger partial charge in [-0.05, 0) is 55.0 Å². The zero-order chi connectivity index (χ0) is 22.2. The fraction of sp³-hybridized carbons (Fsp3) is 0.0690. The fourth-order valence-electron chi connectivity index (χ4n) is 4.06. The maximum Gasteiger partial charge on any atom is 0.374 e.